The SMILES string of the molecule is O=C(NCCNc1cc(-n2cccc2)ncn1)c1ccc(Cl)cc1. The Morgan fingerprint density at radius 1 is 1.08 bits per heavy atom. The molecule has 0 saturated heterocycles. The summed E-state index contributed by atoms with van der Waals surface area (Å²) in [6, 6.07) is 12.5. The zero-order valence-corrected chi connectivity index (χ0v) is 13.6. The maximum Gasteiger partial charge on any atom is 0.251 e. The second-order valence-electron chi connectivity index (χ2n) is 5.04. The van der Waals surface area contributed by atoms with Gasteiger partial charge in [0.1, 0.15) is 18.0 Å². The molecule has 2 N–H and O–H groups in total. The maximum atomic E-state index is 12.0. The predicted octanol–water partition coefficient (Wildman–Crippen LogP) is 2.76. The van der Waals surface area contributed by atoms with E-state index in [9.17, 15) is 4.79 Å². The first kappa shape index (κ1) is 16.0. The van der Waals surface area contributed by atoms with Crippen molar-refractivity contribution in [2.45, 2.75) is 0 Å². The number of benzene rings is 1. The van der Waals surface area contributed by atoms with E-state index in [4.69, 9.17) is 11.6 Å². The smallest absolute Gasteiger partial charge is 0.251 e. The van der Waals surface area contributed by atoms with Gasteiger partial charge >= 0.3 is 0 Å². The first-order valence-corrected chi connectivity index (χ1v) is 7.83. The van der Waals surface area contributed by atoms with Crippen LogP contribution in [0.3, 0.4) is 0 Å². The number of carbonyl (C=O) groups excluding carboxylic acids is 1. The van der Waals surface area contributed by atoms with Gasteiger partial charge in [-0.15, -0.1) is 0 Å². The van der Waals surface area contributed by atoms with Crippen LogP contribution >= 0.6 is 11.6 Å². The van der Waals surface area contributed by atoms with Gasteiger partial charge in [0, 0.05) is 42.1 Å². The molecule has 0 fully saturated rings. The zero-order valence-electron chi connectivity index (χ0n) is 12.8. The number of aromatic nitrogens is 3. The zero-order chi connectivity index (χ0) is 16.8. The molecule has 2 heterocycles. The highest BCUT2D eigenvalue weighted by Gasteiger charge is 2.04. The molecule has 0 bridgehead atoms. The number of carbonyl (C=O) groups is 1. The van der Waals surface area contributed by atoms with Crippen LogP contribution in [-0.4, -0.2) is 33.5 Å². The van der Waals surface area contributed by atoms with Gasteiger partial charge in [0.15, 0.2) is 0 Å². The third kappa shape index (κ3) is 4.11. The largest absolute Gasteiger partial charge is 0.368 e. The summed E-state index contributed by atoms with van der Waals surface area (Å²) in [5.41, 5.74) is 0.580. The lowest BCUT2D eigenvalue weighted by Gasteiger charge is -2.09. The van der Waals surface area contributed by atoms with Crippen molar-refractivity contribution in [1.29, 1.82) is 0 Å². The third-order valence-electron chi connectivity index (χ3n) is 3.34. The number of hydrogen-bond donors (Lipinski definition) is 2. The van der Waals surface area contributed by atoms with Crippen LogP contribution in [0.25, 0.3) is 5.82 Å². The van der Waals surface area contributed by atoms with E-state index in [-0.39, 0.29) is 5.91 Å². The van der Waals surface area contributed by atoms with Crippen LogP contribution < -0.4 is 10.6 Å². The van der Waals surface area contributed by atoms with Gasteiger partial charge < -0.3 is 15.2 Å². The minimum Gasteiger partial charge on any atom is -0.368 e. The Hall–Kier alpha value is -2.86. The third-order valence-corrected chi connectivity index (χ3v) is 3.60. The molecule has 0 atom stereocenters. The van der Waals surface area contributed by atoms with E-state index in [1.807, 2.05) is 35.2 Å². The molecule has 6 nitrogen and oxygen atoms in total. The Kier molecular flexibility index (Phi) is 5.08. The average molecular weight is 342 g/mol. The lowest BCUT2D eigenvalue weighted by atomic mass is 10.2. The van der Waals surface area contributed by atoms with E-state index < -0.39 is 0 Å². The molecule has 0 unspecified atom stereocenters. The summed E-state index contributed by atoms with van der Waals surface area (Å²) in [5, 5.41) is 6.61. The first-order chi connectivity index (χ1) is 11.7. The van der Waals surface area contributed by atoms with E-state index in [2.05, 4.69) is 20.6 Å². The van der Waals surface area contributed by atoms with E-state index in [0.29, 0.717) is 29.5 Å². The lowest BCUT2D eigenvalue weighted by Crippen LogP contribution is -2.28. The number of rotatable bonds is 6. The normalized spacial score (nSPS) is 10.4. The summed E-state index contributed by atoms with van der Waals surface area (Å²) in [4.78, 5) is 20.4. The topological polar surface area (TPSA) is 71.8 Å². The number of anilines is 1. The minimum atomic E-state index is -0.135. The van der Waals surface area contributed by atoms with Gasteiger partial charge in [-0.3, -0.25) is 4.79 Å². The molecule has 0 saturated carbocycles. The molecule has 7 heteroatoms. The van der Waals surface area contributed by atoms with Crippen LogP contribution in [0.5, 0.6) is 0 Å². The number of halogens is 1. The quantitative estimate of drug-likeness (QED) is 0.676. The van der Waals surface area contributed by atoms with E-state index in [1.54, 1.807) is 24.3 Å². The lowest BCUT2D eigenvalue weighted by molar-refractivity contribution is 0.0955. The molecule has 1 aromatic carbocycles. The predicted molar refractivity (Wildman–Crippen MR) is 93.6 cm³/mol. The van der Waals surface area contributed by atoms with Crippen LogP contribution in [0.4, 0.5) is 5.82 Å². The fourth-order valence-electron chi connectivity index (χ4n) is 2.14. The molecule has 1 amide bonds. The van der Waals surface area contributed by atoms with Crippen LogP contribution in [-0.2, 0) is 0 Å². The summed E-state index contributed by atoms with van der Waals surface area (Å²) in [7, 11) is 0. The minimum absolute atomic E-state index is 0.135. The number of amides is 1. The molecule has 24 heavy (non-hydrogen) atoms. The van der Waals surface area contributed by atoms with Crippen molar-refractivity contribution >= 4 is 23.3 Å². The molecule has 0 aliphatic heterocycles. The molecule has 122 valence electrons. The molecule has 3 rings (SSSR count). The van der Waals surface area contributed by atoms with Crippen molar-refractivity contribution < 1.29 is 4.79 Å². The molecule has 0 aliphatic rings. The highest BCUT2D eigenvalue weighted by molar-refractivity contribution is 6.30. The number of nitrogens with zero attached hydrogens (tertiary/aromatic N) is 3. The summed E-state index contributed by atoms with van der Waals surface area (Å²) in [6.07, 6.45) is 5.33. The van der Waals surface area contributed by atoms with Crippen molar-refractivity contribution in [2.75, 3.05) is 18.4 Å². The van der Waals surface area contributed by atoms with Crippen molar-refractivity contribution in [2.24, 2.45) is 0 Å². The second kappa shape index (κ2) is 7.61. The van der Waals surface area contributed by atoms with Gasteiger partial charge in [0.25, 0.3) is 5.91 Å². The number of nitrogens with one attached hydrogen (secondary N) is 2. The molecule has 0 radical (unpaired) electrons. The first-order valence-electron chi connectivity index (χ1n) is 7.45. The Labute approximate surface area is 144 Å². The fraction of sp³-hybridized carbons (Fsp3) is 0.118. The molecule has 0 aliphatic carbocycles. The van der Waals surface area contributed by atoms with Crippen molar-refractivity contribution in [1.82, 2.24) is 19.9 Å². The molecule has 0 spiro atoms. The van der Waals surface area contributed by atoms with Crippen molar-refractivity contribution in [3.8, 4) is 5.82 Å². The average Bonchev–Trinajstić information content (AvgIpc) is 3.14. The van der Waals surface area contributed by atoms with Crippen LogP contribution in [0.2, 0.25) is 5.02 Å². The van der Waals surface area contributed by atoms with Crippen molar-refractivity contribution in [3.05, 3.63) is 71.8 Å². The van der Waals surface area contributed by atoms with Crippen LogP contribution in [0.15, 0.2) is 61.2 Å². The molecule has 3 aromatic rings. The molecule has 2 aromatic heterocycles. The Bertz CT molecular complexity index is 802. The maximum absolute atomic E-state index is 12.0. The van der Waals surface area contributed by atoms with E-state index in [1.165, 1.54) is 6.33 Å². The highest BCUT2D eigenvalue weighted by atomic mass is 35.5. The van der Waals surface area contributed by atoms with Crippen LogP contribution in [0.1, 0.15) is 10.4 Å². The Morgan fingerprint density at radius 3 is 2.58 bits per heavy atom. The standard InChI is InChI=1S/C17H16ClN5O/c18-14-5-3-13(4-6-14)17(24)20-8-7-19-15-11-16(22-12-21-15)23-9-1-2-10-23/h1-6,9-12H,7-8H2,(H,20,24)(H,19,21,22). The second-order valence-corrected chi connectivity index (χ2v) is 5.48. The highest BCUT2D eigenvalue weighted by Crippen LogP contribution is 2.10. The molecular weight excluding hydrogens is 326 g/mol. The Balaban J connectivity index is 1.49. The van der Waals surface area contributed by atoms with Crippen molar-refractivity contribution in [3.63, 3.8) is 0 Å². The van der Waals surface area contributed by atoms with E-state index >= 15 is 0 Å². The monoisotopic (exact) mass is 341 g/mol. The Morgan fingerprint density at radius 2 is 1.83 bits per heavy atom. The summed E-state index contributed by atoms with van der Waals surface area (Å²) < 4.78 is 1.90. The summed E-state index contributed by atoms with van der Waals surface area (Å²) >= 11 is 5.81. The fourth-order valence-corrected chi connectivity index (χ4v) is 2.27. The van der Waals surface area contributed by atoms with Gasteiger partial charge in [-0.25, -0.2) is 9.97 Å². The van der Waals surface area contributed by atoms with Gasteiger partial charge in [0.05, 0.1) is 0 Å². The van der Waals surface area contributed by atoms with E-state index in [0.717, 1.165) is 5.82 Å². The summed E-state index contributed by atoms with van der Waals surface area (Å²) in [6.45, 7) is 1.03. The van der Waals surface area contributed by atoms with Crippen LogP contribution in [0, 0.1) is 0 Å². The number of hydrogen-bond acceptors (Lipinski definition) is 4. The van der Waals surface area contributed by atoms with Gasteiger partial charge in [-0.1, -0.05) is 11.6 Å². The summed E-state index contributed by atoms with van der Waals surface area (Å²) in [5.74, 6) is 1.35. The van der Waals surface area contributed by atoms with Gasteiger partial charge in [-0.05, 0) is 36.4 Å². The van der Waals surface area contributed by atoms with Gasteiger partial charge in [-0.2, -0.15) is 0 Å². The van der Waals surface area contributed by atoms with Gasteiger partial charge in [0.2, 0.25) is 0 Å². The molecular formula is C17H16ClN5O.